The van der Waals surface area contributed by atoms with E-state index in [1.54, 1.807) is 30.3 Å². The lowest BCUT2D eigenvalue weighted by Gasteiger charge is -2.29. The topological polar surface area (TPSA) is 112 Å². The minimum absolute atomic E-state index is 0.0298. The largest absolute Gasteiger partial charge is 0.334 e. The normalized spacial score (nSPS) is 22.6. The Hall–Kier alpha value is -3.01. The number of amides is 5. The van der Waals surface area contributed by atoms with Crippen LogP contribution in [-0.2, 0) is 24.2 Å². The maximum Gasteiger partial charge on any atom is 0.334 e. The highest BCUT2D eigenvalue weighted by Gasteiger charge is 2.46. The number of allylic oxidation sites excluding steroid dienone is 1. The summed E-state index contributed by atoms with van der Waals surface area (Å²) in [6.45, 7) is -0.517. The van der Waals surface area contributed by atoms with Gasteiger partial charge in [-0.1, -0.05) is 29.8 Å². The van der Waals surface area contributed by atoms with Crippen molar-refractivity contribution < 1.29 is 27.6 Å². The van der Waals surface area contributed by atoms with Gasteiger partial charge in [-0.25, -0.2) is 18.1 Å². The number of anilines is 1. The van der Waals surface area contributed by atoms with Gasteiger partial charge < -0.3 is 4.90 Å². The zero-order valence-electron chi connectivity index (χ0n) is 18.3. The molecule has 2 heterocycles. The van der Waals surface area contributed by atoms with Crippen LogP contribution in [0.3, 0.4) is 0 Å². The van der Waals surface area contributed by atoms with Crippen LogP contribution < -0.4 is 4.90 Å². The van der Waals surface area contributed by atoms with Crippen molar-refractivity contribution in [3.8, 4) is 0 Å². The van der Waals surface area contributed by atoms with Gasteiger partial charge in [-0.2, -0.15) is 0 Å². The summed E-state index contributed by atoms with van der Waals surface area (Å²) in [5, 5.41) is 0. The summed E-state index contributed by atoms with van der Waals surface area (Å²) in [5.74, 6) is -2.78. The third-order valence-electron chi connectivity index (χ3n) is 6.35. The lowest BCUT2D eigenvalue weighted by atomic mass is 9.97. The van der Waals surface area contributed by atoms with E-state index < -0.39 is 46.2 Å². The molecule has 1 atom stereocenters. The molecule has 1 aromatic carbocycles. The molecule has 5 amide bonds. The average Bonchev–Trinajstić information content (AvgIpc) is 3.25. The summed E-state index contributed by atoms with van der Waals surface area (Å²) < 4.78 is 24.0. The Morgan fingerprint density at radius 2 is 1.76 bits per heavy atom. The zero-order chi connectivity index (χ0) is 23.6. The highest BCUT2D eigenvalue weighted by atomic mass is 32.2. The van der Waals surface area contributed by atoms with Crippen LogP contribution in [0.15, 0.2) is 42.0 Å². The maximum atomic E-state index is 13.3. The Kier molecular flexibility index (Phi) is 6.64. The molecule has 0 saturated carbocycles. The van der Waals surface area contributed by atoms with Crippen LogP contribution in [0, 0.1) is 0 Å². The van der Waals surface area contributed by atoms with Crippen LogP contribution in [0.4, 0.5) is 10.5 Å². The van der Waals surface area contributed by atoms with E-state index in [9.17, 15) is 27.6 Å². The van der Waals surface area contributed by atoms with Gasteiger partial charge in [-0.05, 0) is 50.7 Å². The first kappa shape index (κ1) is 23.2. The van der Waals surface area contributed by atoms with Crippen molar-refractivity contribution in [2.45, 2.75) is 44.6 Å². The fourth-order valence-corrected chi connectivity index (χ4v) is 6.31. The van der Waals surface area contributed by atoms with E-state index in [-0.39, 0.29) is 24.5 Å². The number of carbonyl (C=O) groups is 4. The molecule has 10 heteroatoms. The SMILES string of the molecule is O=C1C(=O)N(CC(=O)N(c2ccccc2)C2CCS(=O)(=O)C2)C(=O)N1CCC1=CCCCC1. The van der Waals surface area contributed by atoms with Crippen molar-refractivity contribution in [2.75, 3.05) is 29.5 Å². The van der Waals surface area contributed by atoms with E-state index in [0.29, 0.717) is 17.0 Å². The van der Waals surface area contributed by atoms with Crippen LogP contribution in [0.1, 0.15) is 38.5 Å². The van der Waals surface area contributed by atoms with E-state index >= 15 is 0 Å². The number of hydrogen-bond donors (Lipinski definition) is 0. The molecule has 0 radical (unpaired) electrons. The van der Waals surface area contributed by atoms with Crippen LogP contribution in [0.5, 0.6) is 0 Å². The summed E-state index contributed by atoms with van der Waals surface area (Å²) in [6, 6.07) is 7.15. The third kappa shape index (κ3) is 5.00. The molecule has 2 saturated heterocycles. The van der Waals surface area contributed by atoms with Gasteiger partial charge in [0.05, 0.1) is 17.5 Å². The Balaban J connectivity index is 1.49. The summed E-state index contributed by atoms with van der Waals surface area (Å²) in [6.07, 6.45) is 6.99. The van der Waals surface area contributed by atoms with Crippen molar-refractivity contribution in [1.82, 2.24) is 9.80 Å². The number of benzene rings is 1. The highest BCUT2D eigenvalue weighted by molar-refractivity contribution is 7.91. The quantitative estimate of drug-likeness (QED) is 0.340. The fourth-order valence-electron chi connectivity index (χ4n) is 4.61. The Morgan fingerprint density at radius 1 is 1.03 bits per heavy atom. The number of sulfone groups is 1. The lowest BCUT2D eigenvalue weighted by Crippen LogP contribution is -2.48. The summed E-state index contributed by atoms with van der Waals surface area (Å²) in [4.78, 5) is 54.0. The molecule has 33 heavy (non-hydrogen) atoms. The molecule has 3 aliphatic rings. The first-order valence-corrected chi connectivity index (χ1v) is 13.0. The van der Waals surface area contributed by atoms with Gasteiger partial charge in [0.25, 0.3) is 0 Å². The number of para-hydroxylation sites is 1. The van der Waals surface area contributed by atoms with Crippen molar-refractivity contribution in [1.29, 1.82) is 0 Å². The van der Waals surface area contributed by atoms with Crippen LogP contribution in [0.2, 0.25) is 0 Å². The average molecular weight is 474 g/mol. The van der Waals surface area contributed by atoms with Gasteiger partial charge in [0.2, 0.25) is 5.91 Å². The number of imide groups is 2. The van der Waals surface area contributed by atoms with E-state index in [4.69, 9.17) is 0 Å². The Bertz CT molecular complexity index is 1100. The molecule has 2 fully saturated rings. The van der Waals surface area contributed by atoms with Crippen LogP contribution in [-0.4, -0.2) is 72.6 Å². The van der Waals surface area contributed by atoms with Gasteiger partial charge in [-0.3, -0.25) is 19.3 Å². The van der Waals surface area contributed by atoms with Crippen LogP contribution in [0.25, 0.3) is 0 Å². The molecule has 9 nitrogen and oxygen atoms in total. The van der Waals surface area contributed by atoms with Gasteiger partial charge in [0.1, 0.15) is 6.54 Å². The van der Waals surface area contributed by atoms with Crippen molar-refractivity contribution in [3.63, 3.8) is 0 Å². The first-order chi connectivity index (χ1) is 15.8. The molecule has 4 rings (SSSR count). The fraction of sp³-hybridized carbons (Fsp3) is 0.478. The molecule has 1 aromatic rings. The summed E-state index contributed by atoms with van der Waals surface area (Å²) >= 11 is 0. The van der Waals surface area contributed by atoms with Gasteiger partial charge in [0.15, 0.2) is 9.84 Å². The first-order valence-electron chi connectivity index (χ1n) is 11.2. The number of hydrogen-bond acceptors (Lipinski definition) is 6. The second-order valence-electron chi connectivity index (χ2n) is 8.64. The standard InChI is InChI=1S/C23H27N3O6S/c27-20(26(18-9-5-2-6-10-18)19-12-14-33(31,32)16-19)15-25-22(29)21(28)24(23(25)30)13-11-17-7-3-1-4-8-17/h2,5-7,9-10,19H,1,3-4,8,11-16H2. The summed E-state index contributed by atoms with van der Waals surface area (Å²) in [5.41, 5.74) is 1.65. The molecular formula is C23H27N3O6S. The second kappa shape index (κ2) is 9.46. The predicted molar refractivity (Wildman–Crippen MR) is 121 cm³/mol. The smallest absolute Gasteiger partial charge is 0.307 e. The number of urea groups is 1. The van der Waals surface area contributed by atoms with Crippen molar-refractivity contribution in [2.24, 2.45) is 0 Å². The molecule has 0 bridgehead atoms. The maximum absolute atomic E-state index is 13.3. The van der Waals surface area contributed by atoms with Crippen molar-refractivity contribution >= 4 is 39.3 Å². The number of carbonyl (C=O) groups excluding carboxylic acids is 4. The molecule has 0 spiro atoms. The molecule has 176 valence electrons. The highest BCUT2D eigenvalue weighted by Crippen LogP contribution is 2.26. The minimum Gasteiger partial charge on any atom is -0.307 e. The second-order valence-corrected chi connectivity index (χ2v) is 10.9. The third-order valence-corrected chi connectivity index (χ3v) is 8.10. The van der Waals surface area contributed by atoms with Gasteiger partial charge >= 0.3 is 17.8 Å². The molecule has 1 unspecified atom stereocenters. The van der Waals surface area contributed by atoms with Crippen LogP contribution >= 0.6 is 0 Å². The minimum atomic E-state index is -3.28. The molecular weight excluding hydrogens is 446 g/mol. The Morgan fingerprint density at radius 3 is 2.39 bits per heavy atom. The molecule has 2 aliphatic heterocycles. The molecule has 0 aromatic heterocycles. The van der Waals surface area contributed by atoms with E-state index in [1.165, 1.54) is 10.5 Å². The lowest BCUT2D eigenvalue weighted by molar-refractivity contribution is -0.143. The predicted octanol–water partition coefficient (Wildman–Crippen LogP) is 1.89. The zero-order valence-corrected chi connectivity index (χ0v) is 19.1. The molecule has 0 N–H and O–H groups in total. The van der Waals surface area contributed by atoms with E-state index in [0.717, 1.165) is 30.6 Å². The number of rotatable bonds is 7. The van der Waals surface area contributed by atoms with Gasteiger partial charge in [-0.15, -0.1) is 0 Å². The van der Waals surface area contributed by atoms with E-state index in [2.05, 4.69) is 6.08 Å². The summed E-state index contributed by atoms with van der Waals surface area (Å²) in [7, 11) is -3.28. The van der Waals surface area contributed by atoms with E-state index in [1.807, 2.05) is 0 Å². The monoisotopic (exact) mass is 473 g/mol. The molecule has 1 aliphatic carbocycles. The number of nitrogens with zero attached hydrogens (tertiary/aromatic N) is 3. The Labute approximate surface area is 192 Å². The van der Waals surface area contributed by atoms with Crippen molar-refractivity contribution in [3.05, 3.63) is 42.0 Å². The van der Waals surface area contributed by atoms with Gasteiger partial charge in [0, 0.05) is 12.2 Å².